The number of piperidine rings is 1. The molecule has 39 heavy (non-hydrogen) atoms. The minimum absolute atomic E-state index is 0.0251. The molecule has 3 aromatic carbocycles. The van der Waals surface area contributed by atoms with Crippen LogP contribution in [0.3, 0.4) is 0 Å². The summed E-state index contributed by atoms with van der Waals surface area (Å²) in [7, 11) is 0. The van der Waals surface area contributed by atoms with Gasteiger partial charge in [0.05, 0.1) is 29.9 Å². The summed E-state index contributed by atoms with van der Waals surface area (Å²) in [5.41, 5.74) is -4.90. The second-order valence-corrected chi connectivity index (χ2v) is 9.60. The molecule has 1 N–H and O–H groups in total. The van der Waals surface area contributed by atoms with Crippen molar-refractivity contribution in [3.63, 3.8) is 0 Å². The standard InChI is InChI=1S/C28H24F9NO/c29-26(30,31)22-11-18(16-39-17-25(6-8-38-9-7-25)21-4-2-1-3-5-21)10-19(12-22)20-13-23(27(32,33)34)15-24(14-20)28(35,36)37/h1-5,10-15,38H,6-9,16-17H2. The monoisotopic (exact) mass is 561 g/mol. The zero-order chi connectivity index (χ0) is 28.5. The summed E-state index contributed by atoms with van der Waals surface area (Å²) >= 11 is 0. The van der Waals surface area contributed by atoms with Crippen LogP contribution in [-0.2, 0) is 35.3 Å². The largest absolute Gasteiger partial charge is 0.416 e. The Morgan fingerprint density at radius 2 is 1.13 bits per heavy atom. The maximum atomic E-state index is 13.7. The molecule has 11 heteroatoms. The first-order valence-corrected chi connectivity index (χ1v) is 12.0. The highest BCUT2D eigenvalue weighted by Gasteiger charge is 2.38. The van der Waals surface area contributed by atoms with Gasteiger partial charge < -0.3 is 10.1 Å². The number of rotatable bonds is 6. The predicted molar refractivity (Wildman–Crippen MR) is 127 cm³/mol. The quantitative estimate of drug-likeness (QED) is 0.306. The lowest BCUT2D eigenvalue weighted by atomic mass is 9.74. The van der Waals surface area contributed by atoms with Gasteiger partial charge in [-0.15, -0.1) is 0 Å². The Kier molecular flexibility index (Phi) is 8.05. The summed E-state index contributed by atoms with van der Waals surface area (Å²) in [5, 5.41) is 3.26. The Bertz CT molecular complexity index is 1240. The fraction of sp³-hybridized carbons (Fsp3) is 0.357. The van der Waals surface area contributed by atoms with Crippen molar-refractivity contribution in [2.45, 2.75) is 43.4 Å². The summed E-state index contributed by atoms with van der Waals surface area (Å²) in [4.78, 5) is 0. The normalized spacial score (nSPS) is 16.3. The van der Waals surface area contributed by atoms with Gasteiger partial charge in [0, 0.05) is 5.41 Å². The Morgan fingerprint density at radius 1 is 0.641 bits per heavy atom. The van der Waals surface area contributed by atoms with Gasteiger partial charge in [0.25, 0.3) is 0 Å². The lowest BCUT2D eigenvalue weighted by Gasteiger charge is -2.38. The molecule has 1 fully saturated rings. The molecule has 2 nitrogen and oxygen atoms in total. The van der Waals surface area contributed by atoms with E-state index in [0.717, 1.165) is 30.5 Å². The first-order valence-electron chi connectivity index (χ1n) is 12.0. The molecule has 1 heterocycles. The molecular formula is C28H24F9NO. The van der Waals surface area contributed by atoms with E-state index in [9.17, 15) is 39.5 Å². The highest BCUT2D eigenvalue weighted by atomic mass is 19.4. The van der Waals surface area contributed by atoms with Gasteiger partial charge in [-0.2, -0.15) is 39.5 Å². The topological polar surface area (TPSA) is 21.3 Å². The van der Waals surface area contributed by atoms with Gasteiger partial charge in [-0.05, 0) is 84.6 Å². The lowest BCUT2D eigenvalue weighted by Crippen LogP contribution is -2.43. The van der Waals surface area contributed by atoms with Gasteiger partial charge in [-0.25, -0.2) is 0 Å². The molecule has 0 radical (unpaired) electrons. The third kappa shape index (κ3) is 6.94. The number of alkyl halides is 9. The molecule has 1 aliphatic rings. The summed E-state index contributed by atoms with van der Waals surface area (Å²) < 4.78 is 127. The molecule has 3 aromatic rings. The van der Waals surface area contributed by atoms with E-state index >= 15 is 0 Å². The molecule has 0 unspecified atom stereocenters. The van der Waals surface area contributed by atoms with Crippen molar-refractivity contribution in [3.05, 3.63) is 94.5 Å². The highest BCUT2D eigenvalue weighted by molar-refractivity contribution is 5.67. The summed E-state index contributed by atoms with van der Waals surface area (Å²) in [6, 6.07) is 12.7. The Balaban J connectivity index is 1.69. The zero-order valence-corrected chi connectivity index (χ0v) is 20.4. The van der Waals surface area contributed by atoms with E-state index in [4.69, 9.17) is 4.74 Å². The molecule has 210 valence electrons. The number of benzene rings is 3. The SMILES string of the molecule is FC(F)(F)c1cc(COCC2(c3ccccc3)CCNCC2)cc(-c2cc(C(F)(F)F)cc(C(F)(F)F)c2)c1. The van der Waals surface area contributed by atoms with Crippen LogP contribution in [0.5, 0.6) is 0 Å². The van der Waals surface area contributed by atoms with Crippen LogP contribution >= 0.6 is 0 Å². The van der Waals surface area contributed by atoms with Crippen molar-refractivity contribution in [1.29, 1.82) is 0 Å². The average molecular weight is 561 g/mol. The second kappa shape index (κ2) is 10.8. The van der Waals surface area contributed by atoms with E-state index in [1.54, 1.807) is 0 Å². The second-order valence-electron chi connectivity index (χ2n) is 9.60. The number of hydrogen-bond acceptors (Lipinski definition) is 2. The fourth-order valence-electron chi connectivity index (χ4n) is 4.80. The molecule has 4 rings (SSSR count). The van der Waals surface area contributed by atoms with Crippen LogP contribution in [0, 0.1) is 0 Å². The molecule has 1 aliphatic heterocycles. The van der Waals surface area contributed by atoms with Gasteiger partial charge in [0.1, 0.15) is 0 Å². The van der Waals surface area contributed by atoms with Crippen molar-refractivity contribution in [3.8, 4) is 11.1 Å². The average Bonchev–Trinajstić information content (AvgIpc) is 2.88. The Hall–Kier alpha value is -3.05. The van der Waals surface area contributed by atoms with E-state index in [2.05, 4.69) is 5.32 Å². The van der Waals surface area contributed by atoms with Crippen molar-refractivity contribution in [1.82, 2.24) is 5.32 Å². The summed E-state index contributed by atoms with van der Waals surface area (Å²) in [6.45, 7) is 1.28. The Labute approximate surface area is 218 Å². The number of nitrogens with one attached hydrogen (secondary N) is 1. The van der Waals surface area contributed by atoms with Crippen LogP contribution in [-0.4, -0.2) is 19.7 Å². The van der Waals surface area contributed by atoms with Crippen LogP contribution < -0.4 is 5.32 Å². The first-order chi connectivity index (χ1) is 18.2. The van der Waals surface area contributed by atoms with Crippen LogP contribution in [0.4, 0.5) is 39.5 Å². The van der Waals surface area contributed by atoms with Gasteiger partial charge in [0.15, 0.2) is 0 Å². The van der Waals surface area contributed by atoms with Crippen LogP contribution in [0.1, 0.15) is 40.7 Å². The van der Waals surface area contributed by atoms with E-state index in [1.807, 2.05) is 30.3 Å². The molecule has 0 aliphatic carbocycles. The third-order valence-electron chi connectivity index (χ3n) is 6.84. The van der Waals surface area contributed by atoms with Gasteiger partial charge in [-0.3, -0.25) is 0 Å². The van der Waals surface area contributed by atoms with Crippen molar-refractivity contribution >= 4 is 0 Å². The minimum atomic E-state index is -5.13. The number of hydrogen-bond donors (Lipinski definition) is 1. The van der Waals surface area contributed by atoms with Crippen LogP contribution in [0.2, 0.25) is 0 Å². The molecule has 0 amide bonds. The van der Waals surface area contributed by atoms with Crippen molar-refractivity contribution < 1.29 is 44.3 Å². The predicted octanol–water partition coefficient (Wildman–Crippen LogP) is 8.25. The molecular weight excluding hydrogens is 537 g/mol. The minimum Gasteiger partial charge on any atom is -0.376 e. The van der Waals surface area contributed by atoms with Gasteiger partial charge in [0.2, 0.25) is 0 Å². The molecule has 0 saturated carbocycles. The molecule has 1 saturated heterocycles. The fourth-order valence-corrected chi connectivity index (χ4v) is 4.80. The van der Waals surface area contributed by atoms with Crippen LogP contribution in [0.15, 0.2) is 66.7 Å². The molecule has 0 spiro atoms. The summed E-state index contributed by atoms with van der Waals surface area (Å²) in [5.74, 6) is 0. The molecule has 0 atom stereocenters. The molecule has 0 bridgehead atoms. The van der Waals surface area contributed by atoms with E-state index in [-0.39, 0.29) is 30.3 Å². The third-order valence-corrected chi connectivity index (χ3v) is 6.84. The zero-order valence-electron chi connectivity index (χ0n) is 20.4. The van der Waals surface area contributed by atoms with E-state index < -0.39 is 46.3 Å². The van der Waals surface area contributed by atoms with E-state index in [0.29, 0.717) is 31.3 Å². The van der Waals surface area contributed by atoms with Crippen LogP contribution in [0.25, 0.3) is 11.1 Å². The van der Waals surface area contributed by atoms with Crippen molar-refractivity contribution in [2.24, 2.45) is 0 Å². The number of halogens is 9. The van der Waals surface area contributed by atoms with E-state index in [1.165, 1.54) is 0 Å². The lowest BCUT2D eigenvalue weighted by molar-refractivity contribution is -0.143. The maximum absolute atomic E-state index is 13.7. The van der Waals surface area contributed by atoms with Gasteiger partial charge in [-0.1, -0.05) is 30.3 Å². The maximum Gasteiger partial charge on any atom is 0.416 e. The smallest absolute Gasteiger partial charge is 0.376 e. The molecule has 0 aromatic heterocycles. The summed E-state index contributed by atoms with van der Waals surface area (Å²) in [6.07, 6.45) is -13.7. The Morgan fingerprint density at radius 3 is 1.64 bits per heavy atom. The first kappa shape index (κ1) is 28.9. The van der Waals surface area contributed by atoms with Gasteiger partial charge >= 0.3 is 18.5 Å². The van der Waals surface area contributed by atoms with Crippen molar-refractivity contribution in [2.75, 3.05) is 19.7 Å². The highest BCUT2D eigenvalue weighted by Crippen LogP contribution is 2.41. The number of ether oxygens (including phenoxy) is 1.